The first kappa shape index (κ1) is 29.6. The van der Waals surface area contributed by atoms with Crippen LogP contribution >= 0.6 is 34.8 Å². The van der Waals surface area contributed by atoms with E-state index in [1.165, 1.54) is 0 Å². The Morgan fingerprint density at radius 1 is 0.947 bits per heavy atom. The summed E-state index contributed by atoms with van der Waals surface area (Å²) >= 11 is 19.2. The average molecular weight is 575 g/mol. The lowest BCUT2D eigenvalue weighted by atomic mass is 9.78. The summed E-state index contributed by atoms with van der Waals surface area (Å²) in [5.74, 6) is -0.734. The number of rotatable bonds is 10. The maximum absolute atomic E-state index is 11.4. The second-order valence-corrected chi connectivity index (χ2v) is 11.2. The second kappa shape index (κ2) is 12.2. The first-order valence-electron chi connectivity index (χ1n) is 12.0. The van der Waals surface area contributed by atoms with Crippen LogP contribution in [0.1, 0.15) is 54.7 Å². The van der Waals surface area contributed by atoms with Gasteiger partial charge in [0.05, 0.1) is 26.9 Å². The molecule has 0 aliphatic rings. The fraction of sp³-hybridized carbons (Fsp3) is 0.267. The van der Waals surface area contributed by atoms with E-state index in [1.807, 2.05) is 39.8 Å². The summed E-state index contributed by atoms with van der Waals surface area (Å²) in [5.41, 5.74) is 2.21. The van der Waals surface area contributed by atoms with E-state index in [1.54, 1.807) is 48.5 Å². The zero-order valence-corrected chi connectivity index (χ0v) is 23.9. The van der Waals surface area contributed by atoms with Gasteiger partial charge in [0.2, 0.25) is 0 Å². The highest BCUT2D eigenvalue weighted by Crippen LogP contribution is 2.33. The summed E-state index contributed by atoms with van der Waals surface area (Å²) in [6.07, 6.45) is 0.574. The minimum atomic E-state index is -0.969. The fourth-order valence-corrected chi connectivity index (χ4v) is 4.90. The number of carbonyl (C=O) groups is 1. The Morgan fingerprint density at radius 2 is 1.58 bits per heavy atom. The van der Waals surface area contributed by atoms with Gasteiger partial charge in [0.25, 0.3) is 0 Å². The van der Waals surface area contributed by atoms with Crippen LogP contribution in [0.3, 0.4) is 0 Å². The number of carboxylic acids is 1. The van der Waals surface area contributed by atoms with Gasteiger partial charge in [-0.15, -0.1) is 0 Å². The van der Waals surface area contributed by atoms with Crippen molar-refractivity contribution in [2.75, 3.05) is 6.61 Å². The number of aliphatic hydroxyl groups is 1. The molecule has 0 unspecified atom stereocenters. The van der Waals surface area contributed by atoms with Crippen molar-refractivity contribution in [1.29, 1.82) is 5.41 Å². The van der Waals surface area contributed by atoms with Crippen molar-refractivity contribution >= 4 is 46.5 Å². The lowest BCUT2D eigenvalue weighted by molar-refractivity contribution is 0.0696. The third kappa shape index (κ3) is 6.90. The number of hydrogen-bond acceptors (Lipinski definition) is 4. The monoisotopic (exact) mass is 573 g/mol. The van der Waals surface area contributed by atoms with Gasteiger partial charge in [0, 0.05) is 16.5 Å². The van der Waals surface area contributed by atoms with Crippen molar-refractivity contribution < 1.29 is 19.7 Å². The minimum absolute atomic E-state index is 0.0130. The molecule has 0 aliphatic carbocycles. The Labute approximate surface area is 238 Å². The highest BCUT2D eigenvalue weighted by Gasteiger charge is 2.24. The van der Waals surface area contributed by atoms with E-state index in [4.69, 9.17) is 44.9 Å². The molecule has 0 radical (unpaired) electrons. The van der Waals surface area contributed by atoms with Crippen LogP contribution < -0.4 is 4.74 Å². The molecule has 8 heteroatoms. The molecule has 0 atom stereocenters. The number of allylic oxidation sites excluding steroid dienone is 1. The fourth-order valence-electron chi connectivity index (χ4n) is 4.08. The molecule has 0 bridgehead atoms. The molecule has 3 N–H and O–H groups in total. The Balaban J connectivity index is 1.82. The van der Waals surface area contributed by atoms with Gasteiger partial charge in [-0.3, -0.25) is 5.41 Å². The maximum Gasteiger partial charge on any atom is 0.335 e. The molecule has 0 heterocycles. The molecule has 5 nitrogen and oxygen atoms in total. The number of aromatic carboxylic acids is 1. The SMILES string of the molecule is CC(C)/C(O)=C(\COc1ccc(CC(C)(C)c2cccc(C(=O)O)c2)c(Cl)c1)C(=N)c1c(Cl)cccc1Cl. The highest BCUT2D eigenvalue weighted by atomic mass is 35.5. The summed E-state index contributed by atoms with van der Waals surface area (Å²) < 4.78 is 5.96. The van der Waals surface area contributed by atoms with E-state index in [-0.39, 0.29) is 40.5 Å². The van der Waals surface area contributed by atoms with E-state index >= 15 is 0 Å². The number of halogens is 3. The molecule has 0 saturated heterocycles. The number of ether oxygens (including phenoxy) is 1. The number of nitrogens with one attached hydrogen (secondary N) is 1. The molecule has 0 aliphatic heterocycles. The van der Waals surface area contributed by atoms with Crippen molar-refractivity contribution in [3.05, 3.63) is 109 Å². The van der Waals surface area contributed by atoms with Gasteiger partial charge in [-0.25, -0.2) is 4.79 Å². The van der Waals surface area contributed by atoms with E-state index in [0.717, 1.165) is 11.1 Å². The van der Waals surface area contributed by atoms with Crippen molar-refractivity contribution in [3.8, 4) is 5.75 Å². The number of benzene rings is 3. The van der Waals surface area contributed by atoms with Crippen LogP contribution in [-0.4, -0.2) is 28.5 Å². The van der Waals surface area contributed by atoms with Crippen molar-refractivity contribution in [2.24, 2.45) is 5.92 Å². The van der Waals surface area contributed by atoms with Crippen molar-refractivity contribution in [1.82, 2.24) is 0 Å². The van der Waals surface area contributed by atoms with Crippen LogP contribution in [0.4, 0.5) is 0 Å². The van der Waals surface area contributed by atoms with Gasteiger partial charge in [-0.2, -0.15) is 0 Å². The molecular weight excluding hydrogens is 545 g/mol. The van der Waals surface area contributed by atoms with E-state index in [2.05, 4.69) is 0 Å². The molecule has 200 valence electrons. The summed E-state index contributed by atoms with van der Waals surface area (Å²) in [5, 5.41) is 29.9. The predicted octanol–water partition coefficient (Wildman–Crippen LogP) is 8.78. The number of carboxylic acid groups (broad SMARTS) is 1. The van der Waals surface area contributed by atoms with Crippen LogP contribution in [0.2, 0.25) is 15.1 Å². The molecule has 0 aromatic heterocycles. The van der Waals surface area contributed by atoms with Gasteiger partial charge < -0.3 is 14.9 Å². The molecular formula is C30H30Cl3NO4. The molecule has 0 amide bonds. The van der Waals surface area contributed by atoms with Crippen molar-refractivity contribution in [2.45, 2.75) is 39.5 Å². The first-order chi connectivity index (χ1) is 17.8. The summed E-state index contributed by atoms with van der Waals surface area (Å²) in [6.45, 7) is 7.61. The average Bonchev–Trinajstić information content (AvgIpc) is 2.85. The minimum Gasteiger partial charge on any atom is -0.512 e. The van der Waals surface area contributed by atoms with Crippen LogP contribution in [0.15, 0.2) is 72.0 Å². The summed E-state index contributed by atoms with van der Waals surface area (Å²) in [7, 11) is 0. The third-order valence-corrected chi connectivity index (χ3v) is 7.28. The lowest BCUT2D eigenvalue weighted by Crippen LogP contribution is -2.21. The second-order valence-electron chi connectivity index (χ2n) is 9.98. The van der Waals surface area contributed by atoms with E-state index in [0.29, 0.717) is 32.8 Å². The van der Waals surface area contributed by atoms with E-state index < -0.39 is 5.97 Å². The molecule has 0 spiro atoms. The molecule has 3 aromatic carbocycles. The first-order valence-corrected chi connectivity index (χ1v) is 13.2. The van der Waals surface area contributed by atoms with Gasteiger partial charge in [-0.05, 0) is 59.4 Å². The Morgan fingerprint density at radius 3 is 2.16 bits per heavy atom. The molecule has 0 saturated carbocycles. The summed E-state index contributed by atoms with van der Waals surface area (Å²) in [6, 6.07) is 17.2. The molecule has 38 heavy (non-hydrogen) atoms. The van der Waals surface area contributed by atoms with Gasteiger partial charge in [0.1, 0.15) is 18.1 Å². The zero-order valence-electron chi connectivity index (χ0n) is 21.6. The highest BCUT2D eigenvalue weighted by molar-refractivity contribution is 6.41. The van der Waals surface area contributed by atoms with Crippen LogP contribution in [0, 0.1) is 11.3 Å². The van der Waals surface area contributed by atoms with Crippen molar-refractivity contribution in [3.63, 3.8) is 0 Å². The molecule has 3 rings (SSSR count). The standard InChI is InChI=1S/C30H30Cl3NO4/c1-17(2)28(35)22(27(34)26-23(31)9-6-10-24(26)32)16-38-21-12-11-19(25(33)14-21)15-30(3,4)20-8-5-7-18(13-20)29(36)37/h5-14,17,34-35H,15-16H2,1-4H3,(H,36,37)/b28-22-,34-27?. The Hall–Kier alpha value is -2.99. The van der Waals surface area contributed by atoms with Gasteiger partial charge in [0.15, 0.2) is 0 Å². The normalized spacial score (nSPS) is 12.3. The van der Waals surface area contributed by atoms with Crippen LogP contribution in [0.25, 0.3) is 0 Å². The van der Waals surface area contributed by atoms with Crippen LogP contribution in [-0.2, 0) is 11.8 Å². The number of aliphatic hydroxyl groups excluding tert-OH is 1. The molecule has 0 fully saturated rings. The maximum atomic E-state index is 11.4. The quantitative estimate of drug-likeness (QED) is 0.167. The Kier molecular flexibility index (Phi) is 9.53. The largest absolute Gasteiger partial charge is 0.512 e. The molecule has 3 aromatic rings. The van der Waals surface area contributed by atoms with Gasteiger partial charge >= 0.3 is 5.97 Å². The van der Waals surface area contributed by atoms with Crippen LogP contribution in [0.5, 0.6) is 5.75 Å². The van der Waals surface area contributed by atoms with E-state index in [9.17, 15) is 15.0 Å². The zero-order chi connectivity index (χ0) is 28.2. The third-order valence-electron chi connectivity index (χ3n) is 6.30. The lowest BCUT2D eigenvalue weighted by Gasteiger charge is -2.26. The topological polar surface area (TPSA) is 90.6 Å². The Bertz CT molecular complexity index is 1380. The summed E-state index contributed by atoms with van der Waals surface area (Å²) in [4.78, 5) is 11.4. The predicted molar refractivity (Wildman–Crippen MR) is 155 cm³/mol. The smallest absolute Gasteiger partial charge is 0.335 e. The van der Waals surface area contributed by atoms with Gasteiger partial charge in [-0.1, -0.05) is 86.8 Å². The number of hydrogen-bond donors (Lipinski definition) is 3.